The Labute approximate surface area is 152 Å². The minimum Gasteiger partial charge on any atom is -0.493 e. The van der Waals surface area contributed by atoms with Crippen LogP contribution in [0.4, 0.5) is 0 Å². The molecule has 1 aromatic carbocycles. The van der Waals surface area contributed by atoms with Crippen molar-refractivity contribution in [1.82, 2.24) is 4.90 Å². The average molecular weight is 370 g/mol. The van der Waals surface area contributed by atoms with Crippen LogP contribution in [0.5, 0.6) is 11.5 Å². The van der Waals surface area contributed by atoms with Crippen molar-refractivity contribution in [1.29, 1.82) is 0 Å². The first-order valence-electron chi connectivity index (χ1n) is 8.50. The fourth-order valence-corrected chi connectivity index (χ4v) is 3.11. The van der Waals surface area contributed by atoms with Crippen LogP contribution in [0.15, 0.2) is 12.1 Å². The maximum Gasteiger partial charge on any atom is 0.308 e. The van der Waals surface area contributed by atoms with Gasteiger partial charge in [0, 0.05) is 18.7 Å². The molecule has 25 heavy (non-hydrogen) atoms. The zero-order chi connectivity index (χ0) is 18.4. The van der Waals surface area contributed by atoms with E-state index in [-0.39, 0.29) is 12.5 Å². The Morgan fingerprint density at radius 1 is 1.40 bits per heavy atom. The number of nitrogens with zero attached hydrogens (tertiary/aromatic N) is 1. The highest BCUT2D eigenvalue weighted by Crippen LogP contribution is 2.37. The summed E-state index contributed by atoms with van der Waals surface area (Å²) >= 11 is 6.28. The van der Waals surface area contributed by atoms with E-state index in [1.807, 2.05) is 0 Å². The number of amides is 1. The van der Waals surface area contributed by atoms with Gasteiger partial charge in [0.2, 0.25) is 0 Å². The van der Waals surface area contributed by atoms with Gasteiger partial charge in [-0.3, -0.25) is 9.59 Å². The molecular weight excluding hydrogens is 346 g/mol. The number of unbranched alkanes of at least 4 members (excludes halogenated alkanes) is 1. The number of likely N-dealkylation sites (tertiary alicyclic amines) is 1. The van der Waals surface area contributed by atoms with Gasteiger partial charge in [-0.05, 0) is 31.4 Å². The Kier molecular flexibility index (Phi) is 6.93. The number of carbonyl (C=O) groups excluding carboxylic acids is 1. The number of halogens is 1. The van der Waals surface area contributed by atoms with Crippen molar-refractivity contribution >= 4 is 23.5 Å². The fraction of sp³-hybridized carbons (Fsp3) is 0.556. The molecule has 7 heteroatoms. The highest BCUT2D eigenvalue weighted by molar-refractivity contribution is 6.32. The van der Waals surface area contributed by atoms with Crippen LogP contribution >= 0.6 is 11.6 Å². The summed E-state index contributed by atoms with van der Waals surface area (Å²) in [6.07, 6.45) is 3.15. The van der Waals surface area contributed by atoms with E-state index in [1.165, 1.54) is 7.11 Å². The molecule has 1 heterocycles. The zero-order valence-corrected chi connectivity index (χ0v) is 15.3. The van der Waals surface area contributed by atoms with E-state index in [0.717, 1.165) is 12.8 Å². The lowest BCUT2D eigenvalue weighted by atomic mass is 9.97. The molecule has 1 N–H and O–H groups in total. The van der Waals surface area contributed by atoms with Gasteiger partial charge in [-0.2, -0.15) is 0 Å². The molecule has 0 aliphatic carbocycles. The second-order valence-corrected chi connectivity index (χ2v) is 6.53. The molecule has 0 aromatic heterocycles. The number of methoxy groups -OCH3 is 1. The maximum absolute atomic E-state index is 12.7. The molecule has 1 saturated heterocycles. The first-order chi connectivity index (χ1) is 12.0. The third-order valence-electron chi connectivity index (χ3n) is 4.28. The molecule has 1 fully saturated rings. The van der Waals surface area contributed by atoms with Gasteiger partial charge in [0.05, 0.1) is 24.7 Å². The van der Waals surface area contributed by atoms with E-state index in [2.05, 4.69) is 6.92 Å². The normalized spacial score (nSPS) is 17.2. The van der Waals surface area contributed by atoms with E-state index in [1.54, 1.807) is 17.0 Å². The third kappa shape index (κ3) is 4.78. The van der Waals surface area contributed by atoms with Crippen LogP contribution in [0.3, 0.4) is 0 Å². The number of carboxylic acid groups (broad SMARTS) is 1. The van der Waals surface area contributed by atoms with E-state index in [4.69, 9.17) is 21.1 Å². The van der Waals surface area contributed by atoms with E-state index in [9.17, 15) is 14.7 Å². The first kappa shape index (κ1) is 19.4. The second kappa shape index (κ2) is 8.94. The predicted octanol–water partition coefficient (Wildman–Crippen LogP) is 3.46. The van der Waals surface area contributed by atoms with Gasteiger partial charge in [0.1, 0.15) is 0 Å². The first-order valence-corrected chi connectivity index (χ1v) is 8.88. The summed E-state index contributed by atoms with van der Waals surface area (Å²) in [7, 11) is 1.49. The number of carboxylic acids is 1. The predicted molar refractivity (Wildman–Crippen MR) is 94.7 cm³/mol. The monoisotopic (exact) mass is 369 g/mol. The molecule has 6 nitrogen and oxygen atoms in total. The molecule has 0 spiro atoms. The molecule has 1 amide bonds. The molecule has 0 bridgehead atoms. The molecule has 1 aliphatic heterocycles. The van der Waals surface area contributed by atoms with Gasteiger partial charge >= 0.3 is 5.97 Å². The second-order valence-electron chi connectivity index (χ2n) is 6.12. The Bertz CT molecular complexity index is 634. The van der Waals surface area contributed by atoms with Crippen LogP contribution in [0.25, 0.3) is 0 Å². The largest absolute Gasteiger partial charge is 0.493 e. The van der Waals surface area contributed by atoms with Gasteiger partial charge in [-0.15, -0.1) is 0 Å². The number of rotatable bonds is 7. The Hall–Kier alpha value is -1.95. The molecular formula is C18H24ClNO5. The number of benzene rings is 1. The van der Waals surface area contributed by atoms with Gasteiger partial charge in [-0.25, -0.2) is 0 Å². The molecule has 1 aliphatic rings. The smallest absolute Gasteiger partial charge is 0.308 e. The summed E-state index contributed by atoms with van der Waals surface area (Å²) in [4.78, 5) is 25.5. The topological polar surface area (TPSA) is 76.1 Å². The number of ether oxygens (including phenoxy) is 2. The molecule has 0 saturated carbocycles. The van der Waals surface area contributed by atoms with Gasteiger partial charge < -0.3 is 19.5 Å². The van der Waals surface area contributed by atoms with Crippen LogP contribution in [0, 0.1) is 5.92 Å². The number of carbonyl (C=O) groups is 2. The highest BCUT2D eigenvalue weighted by atomic mass is 35.5. The van der Waals surface area contributed by atoms with Crippen molar-refractivity contribution in [2.45, 2.75) is 32.6 Å². The van der Waals surface area contributed by atoms with Crippen molar-refractivity contribution in [2.75, 3.05) is 26.8 Å². The Morgan fingerprint density at radius 2 is 2.16 bits per heavy atom. The highest BCUT2D eigenvalue weighted by Gasteiger charge is 2.29. The Balaban J connectivity index is 2.19. The summed E-state index contributed by atoms with van der Waals surface area (Å²) < 4.78 is 11.0. The summed E-state index contributed by atoms with van der Waals surface area (Å²) in [5.74, 6) is -0.805. The maximum atomic E-state index is 12.7. The van der Waals surface area contributed by atoms with E-state index >= 15 is 0 Å². The summed E-state index contributed by atoms with van der Waals surface area (Å²) in [6, 6.07) is 3.15. The lowest BCUT2D eigenvalue weighted by molar-refractivity contribution is -0.143. The van der Waals surface area contributed by atoms with Crippen molar-refractivity contribution in [2.24, 2.45) is 5.92 Å². The van der Waals surface area contributed by atoms with Crippen molar-refractivity contribution in [3.63, 3.8) is 0 Å². The van der Waals surface area contributed by atoms with Gasteiger partial charge in [-0.1, -0.05) is 24.9 Å². The number of hydrogen-bond donors (Lipinski definition) is 1. The van der Waals surface area contributed by atoms with Crippen LogP contribution in [0.1, 0.15) is 43.0 Å². The van der Waals surface area contributed by atoms with Gasteiger partial charge in [0.25, 0.3) is 5.91 Å². The summed E-state index contributed by atoms with van der Waals surface area (Å²) in [5.41, 5.74) is 0.371. The van der Waals surface area contributed by atoms with Crippen molar-refractivity contribution in [3.05, 3.63) is 22.7 Å². The van der Waals surface area contributed by atoms with Crippen molar-refractivity contribution in [3.8, 4) is 11.5 Å². The molecule has 1 aromatic rings. The standard InChI is InChI=1S/C18H24ClNO5/c1-3-4-8-25-16-14(19)9-13(10-15(16)24-2)17(21)20-7-5-6-12(11-20)18(22)23/h9-10,12H,3-8,11H2,1-2H3,(H,22,23). The van der Waals surface area contributed by atoms with E-state index < -0.39 is 11.9 Å². The SMILES string of the molecule is CCCCOc1c(Cl)cc(C(=O)N2CCCC(C(=O)O)C2)cc1OC. The molecule has 2 rings (SSSR count). The van der Waals surface area contributed by atoms with Crippen LogP contribution in [0.2, 0.25) is 5.02 Å². The lowest BCUT2D eigenvalue weighted by Crippen LogP contribution is -2.42. The quantitative estimate of drug-likeness (QED) is 0.745. The van der Waals surface area contributed by atoms with Crippen LogP contribution in [-0.2, 0) is 4.79 Å². The van der Waals surface area contributed by atoms with Crippen LogP contribution in [-0.4, -0.2) is 48.7 Å². The lowest BCUT2D eigenvalue weighted by Gasteiger charge is -2.31. The van der Waals surface area contributed by atoms with E-state index in [0.29, 0.717) is 48.1 Å². The summed E-state index contributed by atoms with van der Waals surface area (Å²) in [6.45, 7) is 3.33. The molecule has 0 radical (unpaired) electrons. The zero-order valence-electron chi connectivity index (χ0n) is 14.6. The third-order valence-corrected chi connectivity index (χ3v) is 4.56. The summed E-state index contributed by atoms with van der Waals surface area (Å²) in [5, 5.41) is 9.49. The fourth-order valence-electron chi connectivity index (χ4n) is 2.85. The molecule has 138 valence electrons. The minimum absolute atomic E-state index is 0.211. The molecule has 1 unspecified atom stereocenters. The number of hydrogen-bond acceptors (Lipinski definition) is 4. The number of aliphatic carboxylic acids is 1. The molecule has 1 atom stereocenters. The van der Waals surface area contributed by atoms with Crippen LogP contribution < -0.4 is 9.47 Å². The Morgan fingerprint density at radius 3 is 2.80 bits per heavy atom. The van der Waals surface area contributed by atoms with Crippen molar-refractivity contribution < 1.29 is 24.2 Å². The minimum atomic E-state index is -0.868. The average Bonchev–Trinajstić information content (AvgIpc) is 2.62. The van der Waals surface area contributed by atoms with Gasteiger partial charge in [0.15, 0.2) is 11.5 Å². The number of piperidine rings is 1.